The molecule has 1 fully saturated rings. The van der Waals surface area contributed by atoms with Crippen molar-refractivity contribution in [2.45, 2.75) is 64.3 Å². The normalized spacial score (nSPS) is 19.5. The van der Waals surface area contributed by atoms with Crippen LogP contribution in [0.3, 0.4) is 0 Å². The number of carboxylic acids is 1. The standard InChI is InChI=1S/C15H29NO2S/c1-3-10-16-15(2,14(17)18)9-6-11-19-12-13-7-4-5-8-13/h13,16H,3-12H2,1-2H3,(H,17,18). The molecule has 0 amide bonds. The fraction of sp³-hybridized carbons (Fsp3) is 0.933. The van der Waals surface area contributed by atoms with Crippen molar-refractivity contribution >= 4 is 17.7 Å². The van der Waals surface area contributed by atoms with Crippen LogP contribution in [0.4, 0.5) is 0 Å². The van der Waals surface area contributed by atoms with Crippen molar-refractivity contribution in [3.63, 3.8) is 0 Å². The summed E-state index contributed by atoms with van der Waals surface area (Å²) in [4.78, 5) is 11.3. The van der Waals surface area contributed by atoms with Gasteiger partial charge in [-0.2, -0.15) is 11.8 Å². The predicted molar refractivity (Wildman–Crippen MR) is 82.9 cm³/mol. The fourth-order valence-electron chi connectivity index (χ4n) is 2.63. The number of rotatable bonds is 10. The van der Waals surface area contributed by atoms with Gasteiger partial charge in [-0.1, -0.05) is 19.8 Å². The first-order chi connectivity index (χ1) is 9.08. The van der Waals surface area contributed by atoms with Gasteiger partial charge in [-0.15, -0.1) is 0 Å². The average Bonchev–Trinajstić information content (AvgIpc) is 2.89. The van der Waals surface area contributed by atoms with E-state index in [1.807, 2.05) is 18.7 Å². The highest BCUT2D eigenvalue weighted by Crippen LogP contribution is 2.28. The van der Waals surface area contributed by atoms with Crippen LogP contribution < -0.4 is 5.32 Å². The van der Waals surface area contributed by atoms with E-state index in [4.69, 9.17) is 0 Å². The molecule has 0 radical (unpaired) electrons. The maximum absolute atomic E-state index is 11.3. The first-order valence-electron chi connectivity index (χ1n) is 7.64. The topological polar surface area (TPSA) is 49.3 Å². The highest BCUT2D eigenvalue weighted by Gasteiger charge is 2.31. The molecule has 0 bridgehead atoms. The molecule has 1 rings (SSSR count). The van der Waals surface area contributed by atoms with Crippen molar-refractivity contribution in [1.29, 1.82) is 0 Å². The number of aliphatic carboxylic acids is 1. The van der Waals surface area contributed by atoms with Crippen LogP contribution in [0.2, 0.25) is 0 Å². The lowest BCUT2D eigenvalue weighted by molar-refractivity contribution is -0.144. The summed E-state index contributed by atoms with van der Waals surface area (Å²) in [6, 6.07) is 0. The van der Waals surface area contributed by atoms with E-state index in [-0.39, 0.29) is 0 Å². The predicted octanol–water partition coefficient (Wildman–Crippen LogP) is 3.53. The second-order valence-electron chi connectivity index (χ2n) is 5.89. The quantitative estimate of drug-likeness (QED) is 0.603. The molecule has 3 nitrogen and oxygen atoms in total. The van der Waals surface area contributed by atoms with Crippen LogP contribution in [0.1, 0.15) is 58.8 Å². The number of thioether (sulfide) groups is 1. The van der Waals surface area contributed by atoms with Gasteiger partial charge in [-0.3, -0.25) is 4.79 Å². The second kappa shape index (κ2) is 8.85. The number of hydrogen-bond donors (Lipinski definition) is 2. The van der Waals surface area contributed by atoms with Gasteiger partial charge in [0.15, 0.2) is 0 Å². The number of carbonyl (C=O) groups is 1. The highest BCUT2D eigenvalue weighted by molar-refractivity contribution is 7.99. The number of hydrogen-bond acceptors (Lipinski definition) is 3. The lowest BCUT2D eigenvalue weighted by Crippen LogP contribution is -2.49. The number of carboxylic acid groups (broad SMARTS) is 1. The zero-order chi connectivity index (χ0) is 14.1. The van der Waals surface area contributed by atoms with Gasteiger partial charge in [0.1, 0.15) is 5.54 Å². The Hall–Kier alpha value is -0.220. The molecule has 112 valence electrons. The molecule has 1 aliphatic carbocycles. The molecule has 1 aliphatic rings. The summed E-state index contributed by atoms with van der Waals surface area (Å²) in [5, 5.41) is 12.5. The van der Waals surface area contributed by atoms with Gasteiger partial charge in [0.25, 0.3) is 0 Å². The van der Waals surface area contributed by atoms with Crippen molar-refractivity contribution in [2.75, 3.05) is 18.1 Å². The second-order valence-corrected chi connectivity index (χ2v) is 7.04. The molecule has 0 heterocycles. The number of nitrogens with one attached hydrogen (secondary N) is 1. The van der Waals surface area contributed by atoms with E-state index in [9.17, 15) is 9.90 Å². The van der Waals surface area contributed by atoms with E-state index in [2.05, 4.69) is 12.2 Å². The van der Waals surface area contributed by atoms with E-state index in [0.717, 1.165) is 37.5 Å². The Balaban J connectivity index is 2.15. The Morgan fingerprint density at radius 3 is 2.68 bits per heavy atom. The minimum atomic E-state index is -0.746. The van der Waals surface area contributed by atoms with Gasteiger partial charge in [-0.25, -0.2) is 0 Å². The summed E-state index contributed by atoms with van der Waals surface area (Å²) in [6.45, 7) is 4.65. The third-order valence-electron chi connectivity index (χ3n) is 4.03. The molecule has 4 heteroatoms. The Morgan fingerprint density at radius 2 is 2.11 bits per heavy atom. The maximum Gasteiger partial charge on any atom is 0.323 e. The van der Waals surface area contributed by atoms with E-state index in [1.54, 1.807) is 0 Å². The molecule has 0 aromatic carbocycles. The largest absolute Gasteiger partial charge is 0.480 e. The van der Waals surface area contributed by atoms with Crippen molar-refractivity contribution in [3.05, 3.63) is 0 Å². The Kier molecular flexibility index (Phi) is 7.84. The molecule has 2 N–H and O–H groups in total. The monoisotopic (exact) mass is 287 g/mol. The third kappa shape index (κ3) is 6.17. The Labute approximate surface area is 121 Å². The van der Waals surface area contributed by atoms with Gasteiger partial charge < -0.3 is 10.4 Å². The third-order valence-corrected chi connectivity index (χ3v) is 5.32. The molecule has 0 aliphatic heterocycles. The summed E-state index contributed by atoms with van der Waals surface area (Å²) in [6.07, 6.45) is 8.29. The highest BCUT2D eigenvalue weighted by atomic mass is 32.2. The molecule has 19 heavy (non-hydrogen) atoms. The summed E-state index contributed by atoms with van der Waals surface area (Å²) in [7, 11) is 0. The summed E-state index contributed by atoms with van der Waals surface area (Å²) in [5.41, 5.74) is -0.746. The van der Waals surface area contributed by atoms with E-state index in [0.29, 0.717) is 0 Å². The minimum Gasteiger partial charge on any atom is -0.480 e. The van der Waals surface area contributed by atoms with Crippen molar-refractivity contribution in [2.24, 2.45) is 5.92 Å². The molecular weight excluding hydrogens is 258 g/mol. The van der Waals surface area contributed by atoms with Gasteiger partial charge >= 0.3 is 5.97 Å². The molecule has 0 spiro atoms. The molecule has 0 aromatic heterocycles. The van der Waals surface area contributed by atoms with Crippen molar-refractivity contribution in [1.82, 2.24) is 5.32 Å². The van der Waals surface area contributed by atoms with Crippen LogP contribution in [0, 0.1) is 5.92 Å². The van der Waals surface area contributed by atoms with Crippen molar-refractivity contribution < 1.29 is 9.90 Å². The lowest BCUT2D eigenvalue weighted by Gasteiger charge is -2.26. The van der Waals surface area contributed by atoms with Crippen LogP contribution in [0.15, 0.2) is 0 Å². The van der Waals surface area contributed by atoms with E-state index < -0.39 is 11.5 Å². The molecule has 1 saturated carbocycles. The zero-order valence-electron chi connectivity index (χ0n) is 12.4. The van der Waals surface area contributed by atoms with Gasteiger partial charge in [0, 0.05) is 0 Å². The zero-order valence-corrected chi connectivity index (χ0v) is 13.2. The minimum absolute atomic E-state index is 0.721. The van der Waals surface area contributed by atoms with Crippen LogP contribution in [0.5, 0.6) is 0 Å². The summed E-state index contributed by atoms with van der Waals surface area (Å²) < 4.78 is 0. The summed E-state index contributed by atoms with van der Waals surface area (Å²) in [5.74, 6) is 2.56. The van der Waals surface area contributed by atoms with Crippen LogP contribution in [-0.2, 0) is 4.79 Å². The van der Waals surface area contributed by atoms with Crippen molar-refractivity contribution in [3.8, 4) is 0 Å². The van der Waals surface area contributed by atoms with Gasteiger partial charge in [0.05, 0.1) is 0 Å². The summed E-state index contributed by atoms with van der Waals surface area (Å²) >= 11 is 2.01. The van der Waals surface area contributed by atoms with Gasteiger partial charge in [-0.05, 0) is 63.0 Å². The molecule has 1 unspecified atom stereocenters. The Bertz CT molecular complexity index is 267. The smallest absolute Gasteiger partial charge is 0.323 e. The SMILES string of the molecule is CCCNC(C)(CCCSCC1CCCC1)C(=O)O. The Morgan fingerprint density at radius 1 is 1.42 bits per heavy atom. The first kappa shape index (κ1) is 16.8. The van der Waals surface area contributed by atoms with E-state index >= 15 is 0 Å². The van der Waals surface area contributed by atoms with Crippen LogP contribution in [-0.4, -0.2) is 34.7 Å². The lowest BCUT2D eigenvalue weighted by atomic mass is 9.96. The molecule has 0 saturated heterocycles. The fourth-order valence-corrected chi connectivity index (χ4v) is 3.81. The van der Waals surface area contributed by atoms with E-state index in [1.165, 1.54) is 31.4 Å². The molecule has 0 aromatic rings. The molecular formula is C15H29NO2S. The van der Waals surface area contributed by atoms with Crippen LogP contribution in [0.25, 0.3) is 0 Å². The first-order valence-corrected chi connectivity index (χ1v) is 8.80. The van der Waals surface area contributed by atoms with Crippen LogP contribution >= 0.6 is 11.8 Å². The average molecular weight is 287 g/mol. The maximum atomic E-state index is 11.3. The molecule has 1 atom stereocenters. The van der Waals surface area contributed by atoms with Gasteiger partial charge in [0.2, 0.25) is 0 Å².